The van der Waals surface area contributed by atoms with Crippen LogP contribution in [-0.2, 0) is 0 Å². The number of furan rings is 1. The average Bonchev–Trinajstić information content (AvgIpc) is 1.85. The molecule has 0 aliphatic heterocycles. The van der Waals surface area contributed by atoms with Crippen molar-refractivity contribution in [3.05, 3.63) is 17.4 Å². The van der Waals surface area contributed by atoms with Crippen LogP contribution in [0.3, 0.4) is 0 Å². The fraction of sp³-hybridized carbons (Fsp3) is 0.333. The van der Waals surface area contributed by atoms with Crippen LogP contribution >= 0.6 is 0 Å². The summed E-state index contributed by atoms with van der Waals surface area (Å²) in [7, 11) is 0. The van der Waals surface area contributed by atoms with Gasteiger partial charge in [-0.3, -0.25) is 0 Å². The Labute approximate surface area is 48.3 Å². The molecule has 1 aromatic rings. The standard InChI is InChI=1S/C6H9NO/c1-4-3-6(7)8-5(4)2/h3H,7H2,1-2H3. The monoisotopic (exact) mass is 111 g/mol. The van der Waals surface area contributed by atoms with Gasteiger partial charge in [0.05, 0.1) is 0 Å². The summed E-state index contributed by atoms with van der Waals surface area (Å²) in [5.41, 5.74) is 6.43. The molecule has 0 aromatic carbocycles. The Kier molecular flexibility index (Phi) is 1.01. The number of hydrogen-bond acceptors (Lipinski definition) is 2. The van der Waals surface area contributed by atoms with Gasteiger partial charge in [-0.1, -0.05) is 0 Å². The van der Waals surface area contributed by atoms with Crippen molar-refractivity contribution >= 4 is 5.88 Å². The van der Waals surface area contributed by atoms with Crippen molar-refractivity contribution in [2.45, 2.75) is 13.8 Å². The molecule has 2 heteroatoms. The van der Waals surface area contributed by atoms with Crippen LogP contribution in [0.2, 0.25) is 0 Å². The molecule has 1 aromatic heterocycles. The topological polar surface area (TPSA) is 39.2 Å². The minimum absolute atomic E-state index is 0.500. The fourth-order valence-corrected chi connectivity index (χ4v) is 0.602. The summed E-state index contributed by atoms with van der Waals surface area (Å²) in [6, 6.07) is 1.81. The predicted molar refractivity (Wildman–Crippen MR) is 32.6 cm³/mol. The second-order valence-corrected chi connectivity index (χ2v) is 1.89. The fourth-order valence-electron chi connectivity index (χ4n) is 0.602. The second-order valence-electron chi connectivity index (χ2n) is 1.89. The van der Waals surface area contributed by atoms with Crippen LogP contribution in [0.15, 0.2) is 10.5 Å². The first-order valence-electron chi connectivity index (χ1n) is 2.52. The highest BCUT2D eigenvalue weighted by atomic mass is 16.3. The summed E-state index contributed by atoms with van der Waals surface area (Å²) < 4.78 is 4.99. The van der Waals surface area contributed by atoms with Crippen molar-refractivity contribution in [3.63, 3.8) is 0 Å². The maximum absolute atomic E-state index is 5.31. The van der Waals surface area contributed by atoms with E-state index in [9.17, 15) is 0 Å². The highest BCUT2D eigenvalue weighted by molar-refractivity contribution is 5.31. The minimum atomic E-state index is 0.500. The van der Waals surface area contributed by atoms with Crippen LogP contribution in [0.25, 0.3) is 0 Å². The Bertz CT molecular complexity index is 171. The maximum atomic E-state index is 5.31. The van der Waals surface area contributed by atoms with E-state index in [1.807, 2.05) is 19.9 Å². The van der Waals surface area contributed by atoms with Gasteiger partial charge in [-0.25, -0.2) is 0 Å². The maximum Gasteiger partial charge on any atom is 0.190 e. The third kappa shape index (κ3) is 0.689. The normalized spacial score (nSPS) is 9.75. The van der Waals surface area contributed by atoms with E-state index in [2.05, 4.69) is 0 Å². The third-order valence-electron chi connectivity index (χ3n) is 1.19. The average molecular weight is 111 g/mol. The van der Waals surface area contributed by atoms with Crippen molar-refractivity contribution in [1.82, 2.24) is 0 Å². The van der Waals surface area contributed by atoms with E-state index in [0.717, 1.165) is 11.3 Å². The van der Waals surface area contributed by atoms with E-state index in [-0.39, 0.29) is 0 Å². The zero-order valence-electron chi connectivity index (χ0n) is 5.06. The van der Waals surface area contributed by atoms with Crippen molar-refractivity contribution in [2.24, 2.45) is 0 Å². The molecule has 1 heterocycles. The molecule has 8 heavy (non-hydrogen) atoms. The van der Waals surface area contributed by atoms with Gasteiger partial charge in [-0.05, 0) is 19.4 Å². The molecule has 0 fully saturated rings. The minimum Gasteiger partial charge on any atom is -0.446 e. The number of anilines is 1. The van der Waals surface area contributed by atoms with E-state index in [1.54, 1.807) is 0 Å². The molecule has 0 atom stereocenters. The van der Waals surface area contributed by atoms with Crippen LogP contribution in [0.4, 0.5) is 5.88 Å². The summed E-state index contributed by atoms with van der Waals surface area (Å²) in [5, 5.41) is 0. The molecule has 0 unspecified atom stereocenters. The SMILES string of the molecule is Cc1cc(N)oc1C. The summed E-state index contributed by atoms with van der Waals surface area (Å²) in [5.74, 6) is 1.41. The molecule has 2 N–H and O–H groups in total. The van der Waals surface area contributed by atoms with Crippen LogP contribution in [0.5, 0.6) is 0 Å². The van der Waals surface area contributed by atoms with Crippen molar-refractivity contribution in [1.29, 1.82) is 0 Å². The molecule has 0 saturated carbocycles. The highest BCUT2D eigenvalue weighted by Crippen LogP contribution is 2.13. The van der Waals surface area contributed by atoms with Gasteiger partial charge < -0.3 is 10.2 Å². The van der Waals surface area contributed by atoms with Gasteiger partial charge in [0.25, 0.3) is 0 Å². The first-order chi connectivity index (χ1) is 3.70. The number of hydrogen-bond donors (Lipinski definition) is 1. The molecule has 0 saturated heterocycles. The molecule has 44 valence electrons. The molecule has 2 nitrogen and oxygen atoms in total. The zero-order valence-corrected chi connectivity index (χ0v) is 5.06. The van der Waals surface area contributed by atoms with Crippen molar-refractivity contribution < 1.29 is 4.42 Å². The molecule has 0 aliphatic rings. The highest BCUT2D eigenvalue weighted by Gasteiger charge is 1.96. The van der Waals surface area contributed by atoms with Gasteiger partial charge in [0, 0.05) is 6.07 Å². The summed E-state index contributed by atoms with van der Waals surface area (Å²) in [4.78, 5) is 0. The van der Waals surface area contributed by atoms with Gasteiger partial charge >= 0.3 is 0 Å². The van der Waals surface area contributed by atoms with E-state index in [4.69, 9.17) is 10.2 Å². The van der Waals surface area contributed by atoms with Crippen LogP contribution in [0, 0.1) is 13.8 Å². The number of nitrogen functional groups attached to an aromatic ring is 1. The summed E-state index contributed by atoms with van der Waals surface area (Å²) in [6.45, 7) is 3.86. The molecule has 0 aliphatic carbocycles. The van der Waals surface area contributed by atoms with Gasteiger partial charge in [0.1, 0.15) is 5.76 Å². The first kappa shape index (κ1) is 5.22. The van der Waals surface area contributed by atoms with Gasteiger partial charge in [-0.15, -0.1) is 0 Å². The van der Waals surface area contributed by atoms with E-state index < -0.39 is 0 Å². The van der Waals surface area contributed by atoms with Gasteiger partial charge in [0.2, 0.25) is 0 Å². The number of rotatable bonds is 0. The molecule has 1 rings (SSSR count). The van der Waals surface area contributed by atoms with Crippen LogP contribution in [-0.4, -0.2) is 0 Å². The van der Waals surface area contributed by atoms with Crippen LogP contribution < -0.4 is 5.73 Å². The smallest absolute Gasteiger partial charge is 0.190 e. The summed E-state index contributed by atoms with van der Waals surface area (Å²) >= 11 is 0. The third-order valence-corrected chi connectivity index (χ3v) is 1.19. The Morgan fingerprint density at radius 1 is 1.50 bits per heavy atom. The Hall–Kier alpha value is -0.920. The largest absolute Gasteiger partial charge is 0.446 e. The van der Waals surface area contributed by atoms with Gasteiger partial charge in [0.15, 0.2) is 5.88 Å². The van der Waals surface area contributed by atoms with E-state index in [1.165, 1.54) is 0 Å². The zero-order chi connectivity index (χ0) is 6.15. The Balaban J connectivity index is 3.14. The lowest BCUT2D eigenvalue weighted by atomic mass is 10.3. The predicted octanol–water partition coefficient (Wildman–Crippen LogP) is 1.48. The lowest BCUT2D eigenvalue weighted by Gasteiger charge is -1.80. The van der Waals surface area contributed by atoms with Crippen molar-refractivity contribution in [3.8, 4) is 0 Å². The molecule has 0 bridgehead atoms. The van der Waals surface area contributed by atoms with E-state index >= 15 is 0 Å². The number of nitrogens with two attached hydrogens (primary N) is 1. The lowest BCUT2D eigenvalue weighted by molar-refractivity contribution is 0.550. The molecule has 0 spiro atoms. The quantitative estimate of drug-likeness (QED) is 0.550. The summed E-state index contributed by atoms with van der Waals surface area (Å²) in [6.07, 6.45) is 0. The van der Waals surface area contributed by atoms with Gasteiger partial charge in [-0.2, -0.15) is 0 Å². The number of aryl methyl sites for hydroxylation is 2. The van der Waals surface area contributed by atoms with E-state index in [0.29, 0.717) is 5.88 Å². The molecular formula is C6H9NO. The first-order valence-corrected chi connectivity index (χ1v) is 2.52. The lowest BCUT2D eigenvalue weighted by Crippen LogP contribution is -1.75. The molecular weight excluding hydrogens is 102 g/mol. The second kappa shape index (κ2) is 1.54. The van der Waals surface area contributed by atoms with Crippen molar-refractivity contribution in [2.75, 3.05) is 5.73 Å². The molecule has 0 radical (unpaired) electrons. The van der Waals surface area contributed by atoms with Crippen LogP contribution in [0.1, 0.15) is 11.3 Å². The Morgan fingerprint density at radius 3 is 2.25 bits per heavy atom. The molecule has 0 amide bonds. The Morgan fingerprint density at radius 2 is 2.12 bits per heavy atom.